The molecule has 0 saturated carbocycles. The van der Waals surface area contributed by atoms with Crippen LogP contribution in [0.5, 0.6) is 0 Å². The molecule has 0 aliphatic heterocycles. The molecule has 1 N–H and O–H groups in total. The van der Waals surface area contributed by atoms with Crippen molar-refractivity contribution in [1.29, 1.82) is 0 Å². The predicted molar refractivity (Wildman–Crippen MR) is 63.4 cm³/mol. The van der Waals surface area contributed by atoms with E-state index in [1.54, 1.807) is 24.4 Å². The molecule has 3 heteroatoms. The third kappa shape index (κ3) is 2.45. The molecule has 0 unspecified atom stereocenters. The zero-order chi connectivity index (χ0) is 11.4. The number of aryl methyl sites for hydroxylation is 1. The van der Waals surface area contributed by atoms with Gasteiger partial charge in [-0.05, 0) is 31.2 Å². The number of carbonyl (C=O) groups excluding carboxylic acids is 1. The van der Waals surface area contributed by atoms with Crippen LogP contribution >= 0.6 is 0 Å². The van der Waals surface area contributed by atoms with Gasteiger partial charge in [0.1, 0.15) is 5.69 Å². The molecule has 0 aliphatic rings. The molecule has 2 rings (SSSR count). The van der Waals surface area contributed by atoms with Gasteiger partial charge in [-0.15, -0.1) is 0 Å². The van der Waals surface area contributed by atoms with Crippen LogP contribution in [0.3, 0.4) is 0 Å². The van der Waals surface area contributed by atoms with Crippen molar-refractivity contribution in [3.05, 3.63) is 59.9 Å². The van der Waals surface area contributed by atoms with E-state index in [0.717, 1.165) is 11.3 Å². The summed E-state index contributed by atoms with van der Waals surface area (Å²) in [6, 6.07) is 12.9. The Labute approximate surface area is 94.1 Å². The van der Waals surface area contributed by atoms with E-state index in [1.165, 1.54) is 0 Å². The fourth-order valence-electron chi connectivity index (χ4n) is 1.33. The maximum Gasteiger partial charge on any atom is 0.274 e. The highest BCUT2D eigenvalue weighted by Gasteiger charge is 2.05. The third-order valence-electron chi connectivity index (χ3n) is 2.21. The lowest BCUT2D eigenvalue weighted by Crippen LogP contribution is -2.13. The van der Waals surface area contributed by atoms with Gasteiger partial charge in [-0.2, -0.15) is 0 Å². The molecule has 1 aromatic carbocycles. The Morgan fingerprint density at radius 3 is 2.50 bits per heavy atom. The van der Waals surface area contributed by atoms with Crippen LogP contribution in [-0.2, 0) is 0 Å². The quantitative estimate of drug-likeness (QED) is 0.831. The standard InChI is InChI=1S/C13H12N2O/c1-10-5-7-11(8-6-10)15-13(16)12-4-2-3-9-14-12/h2-9H,1H3,(H,15,16). The SMILES string of the molecule is Cc1ccc(NC(=O)c2ccccn2)cc1. The summed E-state index contributed by atoms with van der Waals surface area (Å²) in [5, 5.41) is 2.78. The third-order valence-corrected chi connectivity index (χ3v) is 2.21. The first kappa shape index (κ1) is 10.4. The molecule has 1 heterocycles. The molecule has 0 spiro atoms. The Balaban J connectivity index is 2.11. The molecular formula is C13H12N2O. The summed E-state index contributed by atoms with van der Waals surface area (Å²) in [4.78, 5) is 15.7. The van der Waals surface area contributed by atoms with Crippen molar-refractivity contribution >= 4 is 11.6 Å². The smallest absolute Gasteiger partial charge is 0.274 e. The van der Waals surface area contributed by atoms with Crippen molar-refractivity contribution in [1.82, 2.24) is 4.98 Å². The van der Waals surface area contributed by atoms with Crippen LogP contribution in [0.15, 0.2) is 48.7 Å². The van der Waals surface area contributed by atoms with Crippen molar-refractivity contribution in [3.63, 3.8) is 0 Å². The maximum atomic E-state index is 11.7. The number of hydrogen-bond donors (Lipinski definition) is 1. The van der Waals surface area contributed by atoms with Crippen LogP contribution < -0.4 is 5.32 Å². The number of hydrogen-bond acceptors (Lipinski definition) is 2. The minimum absolute atomic E-state index is 0.190. The van der Waals surface area contributed by atoms with E-state index >= 15 is 0 Å². The minimum Gasteiger partial charge on any atom is -0.321 e. The summed E-state index contributed by atoms with van der Waals surface area (Å²) >= 11 is 0. The normalized spacial score (nSPS) is 9.81. The molecule has 0 saturated heterocycles. The van der Waals surface area contributed by atoms with Crippen LogP contribution in [0.25, 0.3) is 0 Å². The van der Waals surface area contributed by atoms with Gasteiger partial charge in [0.2, 0.25) is 0 Å². The number of amides is 1. The summed E-state index contributed by atoms with van der Waals surface area (Å²) in [5.41, 5.74) is 2.36. The number of rotatable bonds is 2. The lowest BCUT2D eigenvalue weighted by molar-refractivity contribution is 0.102. The summed E-state index contributed by atoms with van der Waals surface area (Å²) in [5.74, 6) is -0.190. The fourth-order valence-corrected chi connectivity index (χ4v) is 1.33. The Hall–Kier alpha value is -2.16. The van der Waals surface area contributed by atoms with Gasteiger partial charge < -0.3 is 5.32 Å². The second-order valence-corrected chi connectivity index (χ2v) is 3.54. The van der Waals surface area contributed by atoms with E-state index in [9.17, 15) is 4.79 Å². The Bertz CT molecular complexity index is 477. The Kier molecular flexibility index (Phi) is 2.96. The molecule has 0 radical (unpaired) electrons. The number of benzene rings is 1. The van der Waals surface area contributed by atoms with E-state index in [-0.39, 0.29) is 5.91 Å². The number of nitrogens with zero attached hydrogens (tertiary/aromatic N) is 1. The predicted octanol–water partition coefficient (Wildman–Crippen LogP) is 2.64. The number of anilines is 1. The lowest BCUT2D eigenvalue weighted by Gasteiger charge is -2.04. The summed E-state index contributed by atoms with van der Waals surface area (Å²) in [6.45, 7) is 2.00. The Morgan fingerprint density at radius 1 is 1.12 bits per heavy atom. The van der Waals surface area contributed by atoms with Gasteiger partial charge in [-0.1, -0.05) is 23.8 Å². The van der Waals surface area contributed by atoms with Crippen LogP contribution in [-0.4, -0.2) is 10.9 Å². The topological polar surface area (TPSA) is 42.0 Å². The van der Waals surface area contributed by atoms with E-state index in [0.29, 0.717) is 5.69 Å². The minimum atomic E-state index is -0.190. The fraction of sp³-hybridized carbons (Fsp3) is 0.0769. The number of pyridine rings is 1. The monoisotopic (exact) mass is 212 g/mol. The van der Waals surface area contributed by atoms with Crippen molar-refractivity contribution in [2.75, 3.05) is 5.32 Å². The van der Waals surface area contributed by atoms with E-state index in [1.807, 2.05) is 31.2 Å². The molecule has 2 aromatic rings. The van der Waals surface area contributed by atoms with Crippen molar-refractivity contribution in [2.45, 2.75) is 6.92 Å². The Morgan fingerprint density at radius 2 is 1.88 bits per heavy atom. The average molecular weight is 212 g/mol. The molecule has 0 atom stereocenters. The highest BCUT2D eigenvalue weighted by Crippen LogP contribution is 2.09. The van der Waals surface area contributed by atoms with Crippen LogP contribution in [0, 0.1) is 6.92 Å². The molecule has 1 amide bonds. The van der Waals surface area contributed by atoms with Gasteiger partial charge >= 0.3 is 0 Å². The maximum absolute atomic E-state index is 11.7. The van der Waals surface area contributed by atoms with E-state index in [4.69, 9.17) is 0 Å². The van der Waals surface area contributed by atoms with Crippen molar-refractivity contribution in [3.8, 4) is 0 Å². The average Bonchev–Trinajstić information content (AvgIpc) is 2.33. The molecule has 3 nitrogen and oxygen atoms in total. The van der Waals surface area contributed by atoms with E-state index in [2.05, 4.69) is 10.3 Å². The highest BCUT2D eigenvalue weighted by molar-refractivity contribution is 6.02. The van der Waals surface area contributed by atoms with Gasteiger partial charge in [0.15, 0.2) is 0 Å². The van der Waals surface area contributed by atoms with Crippen LogP contribution in [0.2, 0.25) is 0 Å². The molecule has 1 aromatic heterocycles. The van der Waals surface area contributed by atoms with E-state index < -0.39 is 0 Å². The molecule has 0 bridgehead atoms. The van der Waals surface area contributed by atoms with Crippen molar-refractivity contribution < 1.29 is 4.79 Å². The number of aromatic nitrogens is 1. The zero-order valence-electron chi connectivity index (χ0n) is 8.97. The van der Waals surface area contributed by atoms with Gasteiger partial charge in [0.25, 0.3) is 5.91 Å². The number of nitrogens with one attached hydrogen (secondary N) is 1. The molecule has 0 fully saturated rings. The summed E-state index contributed by atoms with van der Waals surface area (Å²) in [7, 11) is 0. The molecule has 80 valence electrons. The zero-order valence-corrected chi connectivity index (χ0v) is 8.97. The van der Waals surface area contributed by atoms with Crippen LogP contribution in [0.4, 0.5) is 5.69 Å². The lowest BCUT2D eigenvalue weighted by atomic mass is 10.2. The first-order chi connectivity index (χ1) is 7.75. The second kappa shape index (κ2) is 4.57. The number of carbonyl (C=O) groups is 1. The summed E-state index contributed by atoms with van der Waals surface area (Å²) < 4.78 is 0. The van der Waals surface area contributed by atoms with Crippen molar-refractivity contribution in [2.24, 2.45) is 0 Å². The second-order valence-electron chi connectivity index (χ2n) is 3.54. The largest absolute Gasteiger partial charge is 0.321 e. The highest BCUT2D eigenvalue weighted by atomic mass is 16.1. The van der Waals surface area contributed by atoms with Gasteiger partial charge in [0, 0.05) is 11.9 Å². The molecular weight excluding hydrogens is 200 g/mol. The molecule has 16 heavy (non-hydrogen) atoms. The summed E-state index contributed by atoms with van der Waals surface area (Å²) in [6.07, 6.45) is 1.60. The van der Waals surface area contributed by atoms with Crippen LogP contribution in [0.1, 0.15) is 16.1 Å². The molecule has 0 aliphatic carbocycles. The van der Waals surface area contributed by atoms with Gasteiger partial charge in [-0.25, -0.2) is 0 Å². The first-order valence-electron chi connectivity index (χ1n) is 5.05. The van der Waals surface area contributed by atoms with Gasteiger partial charge in [-0.3, -0.25) is 9.78 Å². The first-order valence-corrected chi connectivity index (χ1v) is 5.05. The van der Waals surface area contributed by atoms with Gasteiger partial charge in [0.05, 0.1) is 0 Å².